The van der Waals surface area contributed by atoms with Crippen LogP contribution in [-0.4, -0.2) is 0 Å². The third-order valence-corrected chi connectivity index (χ3v) is 2.48. The van der Waals surface area contributed by atoms with E-state index in [0.29, 0.717) is 0 Å². The molecular weight excluding hydrogens is 180 g/mol. The largest absolute Gasteiger partial charge is 0.0801 e. The monoisotopic (exact) mass is 198 g/mol. The number of hydrogen-bond donors (Lipinski definition) is 0. The molecule has 0 N–H and O–H groups in total. The Bertz CT molecular complexity index is 406. The Kier molecular flexibility index (Phi) is 4.11. The second kappa shape index (κ2) is 5.35. The Morgan fingerprint density at radius 3 is 2.60 bits per heavy atom. The van der Waals surface area contributed by atoms with Crippen molar-refractivity contribution in [1.29, 1.82) is 0 Å². The van der Waals surface area contributed by atoms with Crippen LogP contribution in [0.25, 0.3) is 5.57 Å². The molecule has 0 amide bonds. The number of aryl methyl sites for hydroxylation is 1. The van der Waals surface area contributed by atoms with Crippen molar-refractivity contribution in [2.75, 3.05) is 0 Å². The second-order valence-electron chi connectivity index (χ2n) is 3.52. The van der Waals surface area contributed by atoms with Gasteiger partial charge in [0.1, 0.15) is 0 Å². The van der Waals surface area contributed by atoms with Crippen LogP contribution < -0.4 is 0 Å². The van der Waals surface area contributed by atoms with Crippen molar-refractivity contribution >= 4 is 5.57 Å². The number of allylic oxidation sites excluding steroid dienone is 6. The Hall–Kier alpha value is -1.56. The van der Waals surface area contributed by atoms with Crippen LogP contribution in [0.2, 0.25) is 0 Å². The lowest BCUT2D eigenvalue weighted by molar-refractivity contribution is 1.34. The van der Waals surface area contributed by atoms with Crippen LogP contribution in [0.3, 0.4) is 0 Å². The van der Waals surface area contributed by atoms with E-state index in [1.807, 2.05) is 0 Å². The summed E-state index contributed by atoms with van der Waals surface area (Å²) in [6.45, 7) is 2.16. The zero-order valence-corrected chi connectivity index (χ0v) is 8.40. The molecule has 2 rings (SSSR count). The summed E-state index contributed by atoms with van der Waals surface area (Å²) in [5, 5.41) is 0. The maximum atomic E-state index is 2.20. The van der Waals surface area contributed by atoms with Crippen LogP contribution in [0.1, 0.15) is 25.0 Å². The molecule has 0 nitrogen and oxygen atoms in total. The summed E-state index contributed by atoms with van der Waals surface area (Å²) in [5.74, 6) is 0. The summed E-state index contributed by atoms with van der Waals surface area (Å²) in [7, 11) is 0. The first-order chi connectivity index (χ1) is 6.88. The molecule has 0 bridgehead atoms. The van der Waals surface area contributed by atoms with Gasteiger partial charge in [-0.1, -0.05) is 62.1 Å². The summed E-state index contributed by atoms with van der Waals surface area (Å²) in [6, 6.07) is 8.53. The highest BCUT2D eigenvalue weighted by Crippen LogP contribution is 2.23. The van der Waals surface area contributed by atoms with Gasteiger partial charge in [-0.05, 0) is 30.0 Å². The highest BCUT2D eigenvalue weighted by Gasteiger charge is 2.02. The van der Waals surface area contributed by atoms with E-state index < -0.39 is 0 Å². The Morgan fingerprint density at radius 1 is 1.00 bits per heavy atom. The lowest BCUT2D eigenvalue weighted by Crippen LogP contribution is -1.86. The smallest absolute Gasteiger partial charge is 0.00883 e. The van der Waals surface area contributed by atoms with E-state index in [0.717, 1.165) is 6.42 Å². The molecule has 0 aliphatic heterocycles. The van der Waals surface area contributed by atoms with Crippen LogP contribution in [0, 0.1) is 6.92 Å². The van der Waals surface area contributed by atoms with Crippen LogP contribution in [-0.2, 0) is 0 Å². The van der Waals surface area contributed by atoms with Gasteiger partial charge in [-0.3, -0.25) is 0 Å². The van der Waals surface area contributed by atoms with E-state index in [2.05, 4.69) is 61.6 Å². The summed E-state index contributed by atoms with van der Waals surface area (Å²) in [5.41, 5.74) is 4.11. The van der Waals surface area contributed by atoms with Gasteiger partial charge in [0.15, 0.2) is 0 Å². The lowest BCUT2D eigenvalue weighted by Gasteiger charge is -2.07. The van der Waals surface area contributed by atoms with Gasteiger partial charge in [-0.2, -0.15) is 0 Å². The van der Waals surface area contributed by atoms with Gasteiger partial charge >= 0.3 is 0 Å². The molecule has 0 fully saturated rings. The maximum Gasteiger partial charge on any atom is -0.00883 e. The first kappa shape index (κ1) is 11.5. The highest BCUT2D eigenvalue weighted by atomic mass is 14.1. The third kappa shape index (κ3) is 2.69. The molecule has 1 aromatic carbocycles. The SMILES string of the molecule is C.Cc1ccccc1C1=CC=CC=CC1. The first-order valence-electron chi connectivity index (χ1n) is 4.96. The zero-order valence-electron chi connectivity index (χ0n) is 8.40. The van der Waals surface area contributed by atoms with Crippen LogP contribution >= 0.6 is 0 Å². The Balaban J connectivity index is 0.00000112. The van der Waals surface area contributed by atoms with Crippen molar-refractivity contribution in [2.24, 2.45) is 0 Å². The Morgan fingerprint density at radius 2 is 1.80 bits per heavy atom. The van der Waals surface area contributed by atoms with Gasteiger partial charge in [0.2, 0.25) is 0 Å². The fourth-order valence-electron chi connectivity index (χ4n) is 1.71. The fraction of sp³-hybridized carbons (Fsp3) is 0.200. The summed E-state index contributed by atoms with van der Waals surface area (Å²) in [6.07, 6.45) is 11.7. The molecule has 0 radical (unpaired) electrons. The molecule has 0 heterocycles. The van der Waals surface area contributed by atoms with Crippen LogP contribution in [0.4, 0.5) is 0 Å². The molecule has 0 saturated heterocycles. The van der Waals surface area contributed by atoms with Crippen LogP contribution in [0.5, 0.6) is 0 Å². The molecule has 1 aromatic rings. The quantitative estimate of drug-likeness (QED) is 0.622. The van der Waals surface area contributed by atoms with Crippen molar-refractivity contribution < 1.29 is 0 Å². The van der Waals surface area contributed by atoms with Gasteiger partial charge in [0, 0.05) is 0 Å². The summed E-state index contributed by atoms with van der Waals surface area (Å²) < 4.78 is 0. The predicted molar refractivity (Wildman–Crippen MR) is 68.8 cm³/mol. The van der Waals surface area contributed by atoms with E-state index >= 15 is 0 Å². The summed E-state index contributed by atoms with van der Waals surface area (Å²) >= 11 is 0. The van der Waals surface area contributed by atoms with Crippen LogP contribution in [0.15, 0.2) is 54.6 Å². The van der Waals surface area contributed by atoms with Gasteiger partial charge in [0.05, 0.1) is 0 Å². The molecule has 0 unspecified atom stereocenters. The lowest BCUT2D eigenvalue weighted by atomic mass is 9.98. The Labute approximate surface area is 92.6 Å². The fourth-order valence-corrected chi connectivity index (χ4v) is 1.71. The van der Waals surface area contributed by atoms with Gasteiger partial charge in [-0.15, -0.1) is 0 Å². The zero-order chi connectivity index (χ0) is 9.80. The molecule has 78 valence electrons. The van der Waals surface area contributed by atoms with Gasteiger partial charge in [-0.25, -0.2) is 0 Å². The topological polar surface area (TPSA) is 0 Å². The van der Waals surface area contributed by atoms with Crippen molar-refractivity contribution in [1.82, 2.24) is 0 Å². The molecule has 15 heavy (non-hydrogen) atoms. The minimum atomic E-state index is 0. The van der Waals surface area contributed by atoms with E-state index in [4.69, 9.17) is 0 Å². The molecule has 1 aliphatic carbocycles. The first-order valence-corrected chi connectivity index (χ1v) is 4.96. The molecule has 0 heteroatoms. The molecule has 0 saturated carbocycles. The van der Waals surface area contributed by atoms with E-state index in [1.165, 1.54) is 16.7 Å². The van der Waals surface area contributed by atoms with Crippen molar-refractivity contribution in [3.8, 4) is 0 Å². The van der Waals surface area contributed by atoms with Crippen molar-refractivity contribution in [3.05, 3.63) is 65.8 Å². The predicted octanol–water partition coefficient (Wildman–Crippen LogP) is 4.53. The number of benzene rings is 1. The van der Waals surface area contributed by atoms with Gasteiger partial charge < -0.3 is 0 Å². The second-order valence-corrected chi connectivity index (χ2v) is 3.52. The third-order valence-electron chi connectivity index (χ3n) is 2.48. The van der Waals surface area contributed by atoms with Crippen molar-refractivity contribution in [3.63, 3.8) is 0 Å². The van der Waals surface area contributed by atoms with E-state index in [9.17, 15) is 0 Å². The molecule has 0 atom stereocenters. The maximum absolute atomic E-state index is 2.20. The minimum Gasteiger partial charge on any atom is -0.0801 e. The standard InChI is InChI=1S/C14H14.CH4/c1-12-8-6-7-11-14(12)13-9-4-2-3-5-10-13;/h2-9,11H,10H2,1H3;1H4. The average molecular weight is 198 g/mol. The molecule has 1 aliphatic rings. The molecular formula is C15H18. The normalized spacial score (nSPS) is 14.1. The van der Waals surface area contributed by atoms with E-state index in [1.54, 1.807) is 0 Å². The number of hydrogen-bond acceptors (Lipinski definition) is 0. The summed E-state index contributed by atoms with van der Waals surface area (Å²) in [4.78, 5) is 0. The van der Waals surface area contributed by atoms with Gasteiger partial charge in [0.25, 0.3) is 0 Å². The highest BCUT2D eigenvalue weighted by molar-refractivity contribution is 5.71. The minimum absolute atomic E-state index is 0. The van der Waals surface area contributed by atoms with E-state index in [-0.39, 0.29) is 7.43 Å². The average Bonchev–Trinajstić information content (AvgIpc) is 2.47. The molecule has 0 spiro atoms. The molecule has 0 aromatic heterocycles. The number of rotatable bonds is 1. The van der Waals surface area contributed by atoms with Crippen molar-refractivity contribution in [2.45, 2.75) is 20.8 Å².